The summed E-state index contributed by atoms with van der Waals surface area (Å²) in [6.07, 6.45) is 7.15. The second kappa shape index (κ2) is 9.10. The van der Waals surface area contributed by atoms with Crippen LogP contribution in [0.25, 0.3) is 0 Å². The van der Waals surface area contributed by atoms with Crippen molar-refractivity contribution in [1.29, 1.82) is 0 Å². The Morgan fingerprint density at radius 2 is 2.08 bits per heavy atom. The fourth-order valence-electron chi connectivity index (χ4n) is 3.69. The van der Waals surface area contributed by atoms with E-state index in [2.05, 4.69) is 20.2 Å². The van der Waals surface area contributed by atoms with E-state index < -0.39 is 0 Å². The van der Waals surface area contributed by atoms with E-state index in [0.29, 0.717) is 12.3 Å². The molecule has 0 radical (unpaired) electrons. The fraction of sp³-hybridized carbons (Fsp3) is 0.722. The van der Waals surface area contributed by atoms with Crippen LogP contribution in [0.3, 0.4) is 0 Å². The number of nitrogens with zero attached hydrogens (tertiary/aromatic N) is 4. The topological polar surface area (TPSA) is 70.6 Å². The van der Waals surface area contributed by atoms with Gasteiger partial charge in [0.05, 0.1) is 18.9 Å². The summed E-state index contributed by atoms with van der Waals surface area (Å²) < 4.78 is 5.36. The zero-order chi connectivity index (χ0) is 17.5. The number of morpholine rings is 1. The first-order valence-corrected chi connectivity index (χ1v) is 9.32. The highest BCUT2D eigenvalue weighted by molar-refractivity contribution is 5.76. The average molecular weight is 347 g/mol. The van der Waals surface area contributed by atoms with Crippen LogP contribution in [-0.4, -0.2) is 78.7 Å². The van der Waals surface area contributed by atoms with Gasteiger partial charge in [0.1, 0.15) is 5.82 Å². The molecule has 1 unspecified atom stereocenters. The summed E-state index contributed by atoms with van der Waals surface area (Å²) in [6, 6.07) is 0. The molecule has 2 saturated heterocycles. The molecule has 0 aromatic carbocycles. The Balaban J connectivity index is 1.49. The van der Waals surface area contributed by atoms with Gasteiger partial charge in [-0.05, 0) is 25.2 Å². The normalized spacial score (nSPS) is 22.0. The fourth-order valence-corrected chi connectivity index (χ4v) is 3.69. The summed E-state index contributed by atoms with van der Waals surface area (Å²) in [5.41, 5.74) is 0.998. The molecule has 7 heteroatoms. The molecule has 0 bridgehead atoms. The van der Waals surface area contributed by atoms with Gasteiger partial charge in [0.15, 0.2) is 0 Å². The second-order valence-electron chi connectivity index (χ2n) is 6.86. The van der Waals surface area contributed by atoms with Crippen molar-refractivity contribution in [3.05, 3.63) is 18.1 Å². The number of aromatic nitrogens is 2. The van der Waals surface area contributed by atoms with E-state index in [9.17, 15) is 4.79 Å². The molecule has 0 saturated carbocycles. The third kappa shape index (κ3) is 5.12. The molecule has 0 aliphatic carbocycles. The molecule has 7 nitrogen and oxygen atoms in total. The Kier molecular flexibility index (Phi) is 6.58. The molecular formula is C18H29N5O2. The molecule has 138 valence electrons. The van der Waals surface area contributed by atoms with Gasteiger partial charge >= 0.3 is 0 Å². The summed E-state index contributed by atoms with van der Waals surface area (Å²) in [7, 11) is 1.87. The second-order valence-corrected chi connectivity index (χ2v) is 6.86. The number of piperidine rings is 1. The maximum absolute atomic E-state index is 12.6. The van der Waals surface area contributed by atoms with Crippen LogP contribution in [-0.2, 0) is 16.0 Å². The van der Waals surface area contributed by atoms with Crippen LogP contribution >= 0.6 is 0 Å². The van der Waals surface area contributed by atoms with E-state index in [1.54, 1.807) is 12.4 Å². The van der Waals surface area contributed by atoms with Gasteiger partial charge in [0.2, 0.25) is 5.91 Å². The number of anilines is 1. The summed E-state index contributed by atoms with van der Waals surface area (Å²) in [4.78, 5) is 25.7. The lowest BCUT2D eigenvalue weighted by Gasteiger charge is -2.34. The van der Waals surface area contributed by atoms with E-state index in [4.69, 9.17) is 4.74 Å². The first-order valence-electron chi connectivity index (χ1n) is 9.32. The quantitative estimate of drug-likeness (QED) is 0.829. The molecule has 1 atom stereocenters. The molecule has 3 rings (SSSR count). The molecule has 2 aliphatic rings. The lowest BCUT2D eigenvalue weighted by Crippen LogP contribution is -2.43. The number of ether oxygens (including phenoxy) is 1. The van der Waals surface area contributed by atoms with Crippen molar-refractivity contribution >= 4 is 11.7 Å². The Morgan fingerprint density at radius 1 is 1.28 bits per heavy atom. The number of likely N-dealkylation sites (tertiary alicyclic amines) is 1. The minimum atomic E-state index is 0.282. The van der Waals surface area contributed by atoms with Crippen LogP contribution in [0.15, 0.2) is 12.4 Å². The SMILES string of the molecule is CNc1nccnc1CC1CCCN(C(=O)CCN2CCOCC2)C1. The van der Waals surface area contributed by atoms with E-state index >= 15 is 0 Å². The van der Waals surface area contributed by atoms with Crippen molar-refractivity contribution in [1.82, 2.24) is 19.8 Å². The van der Waals surface area contributed by atoms with Gasteiger partial charge in [0, 0.05) is 58.6 Å². The molecule has 2 aliphatic heterocycles. The lowest BCUT2D eigenvalue weighted by molar-refractivity contribution is -0.133. The maximum Gasteiger partial charge on any atom is 0.223 e. The molecule has 1 aromatic heterocycles. The van der Waals surface area contributed by atoms with E-state index in [1.165, 1.54) is 0 Å². The van der Waals surface area contributed by atoms with Crippen LogP contribution < -0.4 is 5.32 Å². The minimum Gasteiger partial charge on any atom is -0.379 e. The van der Waals surface area contributed by atoms with Gasteiger partial charge in [-0.15, -0.1) is 0 Å². The summed E-state index contributed by atoms with van der Waals surface area (Å²) in [5.74, 6) is 1.59. The van der Waals surface area contributed by atoms with Crippen molar-refractivity contribution in [2.75, 3.05) is 58.3 Å². The number of carbonyl (C=O) groups excluding carboxylic acids is 1. The molecular weight excluding hydrogens is 318 g/mol. The number of nitrogens with one attached hydrogen (secondary N) is 1. The number of hydrogen-bond acceptors (Lipinski definition) is 6. The molecule has 0 spiro atoms. The van der Waals surface area contributed by atoms with E-state index in [-0.39, 0.29) is 5.91 Å². The van der Waals surface area contributed by atoms with Crippen LogP contribution in [0.4, 0.5) is 5.82 Å². The van der Waals surface area contributed by atoms with Crippen molar-refractivity contribution < 1.29 is 9.53 Å². The summed E-state index contributed by atoms with van der Waals surface area (Å²) in [5, 5.41) is 3.11. The maximum atomic E-state index is 12.6. The highest BCUT2D eigenvalue weighted by Gasteiger charge is 2.25. The van der Waals surface area contributed by atoms with Crippen molar-refractivity contribution in [2.45, 2.75) is 25.7 Å². The van der Waals surface area contributed by atoms with Crippen molar-refractivity contribution in [3.8, 4) is 0 Å². The molecule has 1 N–H and O–H groups in total. The summed E-state index contributed by atoms with van der Waals surface area (Å²) >= 11 is 0. The number of rotatable bonds is 6. The number of hydrogen-bond donors (Lipinski definition) is 1. The molecule has 25 heavy (non-hydrogen) atoms. The van der Waals surface area contributed by atoms with Gasteiger partial charge in [0.25, 0.3) is 0 Å². The lowest BCUT2D eigenvalue weighted by atomic mass is 9.93. The third-order valence-corrected chi connectivity index (χ3v) is 5.11. The first kappa shape index (κ1) is 18.1. The van der Waals surface area contributed by atoms with Gasteiger partial charge in [-0.2, -0.15) is 0 Å². The largest absolute Gasteiger partial charge is 0.379 e. The highest BCUT2D eigenvalue weighted by Crippen LogP contribution is 2.23. The van der Waals surface area contributed by atoms with Crippen LogP contribution in [0.5, 0.6) is 0 Å². The predicted octanol–water partition coefficient (Wildman–Crippen LogP) is 1.02. The molecule has 1 aromatic rings. The average Bonchev–Trinajstić information content (AvgIpc) is 2.67. The van der Waals surface area contributed by atoms with Gasteiger partial charge in [-0.25, -0.2) is 4.98 Å². The van der Waals surface area contributed by atoms with Crippen LogP contribution in [0, 0.1) is 5.92 Å². The summed E-state index contributed by atoms with van der Waals surface area (Å²) in [6.45, 7) is 6.01. The van der Waals surface area contributed by atoms with Crippen molar-refractivity contribution in [3.63, 3.8) is 0 Å². The Hall–Kier alpha value is -1.73. The Morgan fingerprint density at radius 3 is 2.88 bits per heavy atom. The minimum absolute atomic E-state index is 0.282. The van der Waals surface area contributed by atoms with Gasteiger partial charge in [-0.3, -0.25) is 14.7 Å². The molecule has 3 heterocycles. The van der Waals surface area contributed by atoms with Crippen molar-refractivity contribution in [2.24, 2.45) is 5.92 Å². The molecule has 1 amide bonds. The molecule has 2 fully saturated rings. The zero-order valence-corrected chi connectivity index (χ0v) is 15.1. The van der Waals surface area contributed by atoms with Crippen LogP contribution in [0.2, 0.25) is 0 Å². The Labute approximate surface area is 149 Å². The monoisotopic (exact) mass is 347 g/mol. The Bertz CT molecular complexity index is 562. The smallest absolute Gasteiger partial charge is 0.223 e. The number of amides is 1. The predicted molar refractivity (Wildman–Crippen MR) is 96.5 cm³/mol. The third-order valence-electron chi connectivity index (χ3n) is 5.11. The standard InChI is InChI=1S/C18H29N5O2/c1-19-18-16(20-5-6-21-18)13-15-3-2-7-23(14-15)17(24)4-8-22-9-11-25-12-10-22/h5-6,15H,2-4,7-14H2,1H3,(H,19,21). The van der Waals surface area contributed by atoms with E-state index in [1.807, 2.05) is 11.9 Å². The number of carbonyl (C=O) groups is 1. The first-order chi connectivity index (χ1) is 12.3. The highest BCUT2D eigenvalue weighted by atomic mass is 16.5. The van der Waals surface area contributed by atoms with Gasteiger partial charge < -0.3 is 15.0 Å². The van der Waals surface area contributed by atoms with E-state index in [0.717, 1.165) is 76.7 Å². The van der Waals surface area contributed by atoms with Gasteiger partial charge in [-0.1, -0.05) is 0 Å². The zero-order valence-electron chi connectivity index (χ0n) is 15.1. The van der Waals surface area contributed by atoms with Crippen LogP contribution in [0.1, 0.15) is 25.0 Å².